The summed E-state index contributed by atoms with van der Waals surface area (Å²) in [5.41, 5.74) is 1.97. The minimum absolute atomic E-state index is 0.0436. The van der Waals surface area contributed by atoms with Crippen molar-refractivity contribution >= 4 is 17.3 Å². The molecule has 0 saturated carbocycles. The van der Waals surface area contributed by atoms with Crippen LogP contribution in [0.4, 0.5) is 11.4 Å². The van der Waals surface area contributed by atoms with E-state index in [0.717, 1.165) is 37.1 Å². The van der Waals surface area contributed by atoms with Crippen LogP contribution in [0, 0.1) is 24.0 Å². The molecule has 6 heteroatoms. The van der Waals surface area contributed by atoms with Crippen LogP contribution in [0.1, 0.15) is 24.0 Å². The van der Waals surface area contributed by atoms with Crippen molar-refractivity contribution in [3.05, 3.63) is 33.4 Å². The van der Waals surface area contributed by atoms with Crippen molar-refractivity contribution in [2.24, 2.45) is 0 Å². The molecule has 1 amide bonds. The summed E-state index contributed by atoms with van der Waals surface area (Å²) >= 11 is 0. The number of nitrogens with one attached hydrogen (secondary N) is 2. The summed E-state index contributed by atoms with van der Waals surface area (Å²) in [5, 5.41) is 13.8. The third-order valence-electron chi connectivity index (χ3n) is 3.90. The second-order valence-electron chi connectivity index (χ2n) is 5.34. The quantitative estimate of drug-likeness (QED) is 0.632. The van der Waals surface area contributed by atoms with E-state index < -0.39 is 4.92 Å². The normalized spacial score (nSPS) is 15.3. The Morgan fingerprint density at radius 3 is 2.60 bits per heavy atom. The van der Waals surface area contributed by atoms with Crippen LogP contribution in [0.15, 0.2) is 12.1 Å². The Morgan fingerprint density at radius 2 is 2.00 bits per heavy atom. The van der Waals surface area contributed by atoms with E-state index in [1.165, 1.54) is 11.0 Å². The third-order valence-corrected chi connectivity index (χ3v) is 3.90. The highest BCUT2D eigenvalue weighted by molar-refractivity contribution is 5.95. The number of nitrogens with zero attached hydrogens (tertiary/aromatic N) is 1. The van der Waals surface area contributed by atoms with Crippen molar-refractivity contribution in [1.82, 2.24) is 0 Å². The van der Waals surface area contributed by atoms with Crippen LogP contribution in [0.2, 0.25) is 0 Å². The molecule has 1 heterocycles. The molecule has 0 unspecified atom stereocenters. The maximum atomic E-state index is 12.1. The number of nitro benzene ring substituents is 1. The average Bonchev–Trinajstić information content (AvgIpc) is 2.87. The van der Waals surface area contributed by atoms with Gasteiger partial charge in [-0.2, -0.15) is 0 Å². The minimum Gasteiger partial charge on any atom is -0.327 e. The molecule has 0 radical (unpaired) electrons. The lowest BCUT2D eigenvalue weighted by Gasteiger charge is -2.14. The van der Waals surface area contributed by atoms with Gasteiger partial charge in [-0.15, -0.1) is 0 Å². The zero-order valence-corrected chi connectivity index (χ0v) is 11.9. The molecule has 108 valence electrons. The van der Waals surface area contributed by atoms with Crippen molar-refractivity contribution in [2.75, 3.05) is 25.0 Å². The number of nitro groups is 1. The Balaban J connectivity index is 2.16. The maximum Gasteiger partial charge on any atom is 0.293 e. The van der Waals surface area contributed by atoms with Gasteiger partial charge >= 0.3 is 0 Å². The standard InChI is InChI=1S/C14H19N3O3/c1-10-5-6-12(17(19)20)14(11(10)2)15-13(18)9-16-7-3-4-8-16/h5-6H,3-4,7-9H2,1-2H3,(H,15,18)/p+1. The summed E-state index contributed by atoms with van der Waals surface area (Å²) in [6.45, 7) is 6.05. The Kier molecular flexibility index (Phi) is 4.34. The molecule has 2 N–H and O–H groups in total. The van der Waals surface area contributed by atoms with Crippen LogP contribution in [0.3, 0.4) is 0 Å². The number of quaternary nitrogens is 1. The Hall–Kier alpha value is -1.95. The Bertz CT molecular complexity index is 537. The minimum atomic E-state index is -0.454. The number of anilines is 1. The number of carbonyl (C=O) groups is 1. The van der Waals surface area contributed by atoms with Crippen LogP contribution < -0.4 is 10.2 Å². The van der Waals surface area contributed by atoms with Crippen LogP contribution >= 0.6 is 0 Å². The molecular weight excluding hydrogens is 258 g/mol. The van der Waals surface area contributed by atoms with Gasteiger partial charge < -0.3 is 10.2 Å². The molecule has 1 fully saturated rings. The number of rotatable bonds is 4. The number of benzene rings is 1. The van der Waals surface area contributed by atoms with Gasteiger partial charge in [0.15, 0.2) is 6.54 Å². The maximum absolute atomic E-state index is 12.1. The zero-order chi connectivity index (χ0) is 14.7. The number of carbonyl (C=O) groups excluding carboxylic acids is 1. The summed E-state index contributed by atoms with van der Waals surface area (Å²) in [7, 11) is 0. The van der Waals surface area contributed by atoms with Crippen molar-refractivity contribution in [1.29, 1.82) is 0 Å². The highest BCUT2D eigenvalue weighted by atomic mass is 16.6. The molecule has 1 aromatic rings. The van der Waals surface area contributed by atoms with Gasteiger partial charge in [0.1, 0.15) is 5.69 Å². The molecule has 0 aromatic heterocycles. The number of likely N-dealkylation sites (tertiary alicyclic amines) is 1. The van der Waals surface area contributed by atoms with E-state index in [9.17, 15) is 14.9 Å². The molecule has 1 aromatic carbocycles. The van der Waals surface area contributed by atoms with Crippen molar-refractivity contribution < 1.29 is 14.6 Å². The molecule has 20 heavy (non-hydrogen) atoms. The van der Waals surface area contributed by atoms with E-state index in [2.05, 4.69) is 5.32 Å². The van der Waals surface area contributed by atoms with Gasteiger partial charge in [0, 0.05) is 18.9 Å². The first-order chi connectivity index (χ1) is 9.49. The lowest BCUT2D eigenvalue weighted by atomic mass is 10.1. The summed E-state index contributed by atoms with van der Waals surface area (Å²) in [5.74, 6) is -0.154. The third kappa shape index (κ3) is 3.14. The first-order valence-electron chi connectivity index (χ1n) is 6.87. The van der Waals surface area contributed by atoms with Crippen LogP contribution in [-0.2, 0) is 4.79 Å². The summed E-state index contributed by atoms with van der Waals surface area (Å²) in [6.07, 6.45) is 2.29. The average molecular weight is 278 g/mol. The van der Waals surface area contributed by atoms with Gasteiger partial charge in [0.05, 0.1) is 18.0 Å². The monoisotopic (exact) mass is 278 g/mol. The van der Waals surface area contributed by atoms with E-state index in [4.69, 9.17) is 0 Å². The van der Waals surface area contributed by atoms with Crippen LogP contribution in [0.5, 0.6) is 0 Å². The molecule has 1 saturated heterocycles. The number of hydrogen-bond donors (Lipinski definition) is 2. The van der Waals surface area contributed by atoms with Crippen molar-refractivity contribution in [2.45, 2.75) is 26.7 Å². The summed E-state index contributed by atoms with van der Waals surface area (Å²) in [4.78, 5) is 23.9. The summed E-state index contributed by atoms with van der Waals surface area (Å²) in [6, 6.07) is 3.15. The van der Waals surface area contributed by atoms with Gasteiger partial charge in [-0.1, -0.05) is 6.07 Å². The fourth-order valence-corrected chi connectivity index (χ4v) is 2.57. The van der Waals surface area contributed by atoms with Crippen LogP contribution in [0.25, 0.3) is 0 Å². The van der Waals surface area contributed by atoms with Crippen molar-refractivity contribution in [3.63, 3.8) is 0 Å². The molecule has 6 nitrogen and oxygen atoms in total. The summed E-state index contributed by atoms with van der Waals surface area (Å²) < 4.78 is 0. The first-order valence-corrected chi connectivity index (χ1v) is 6.87. The van der Waals surface area contributed by atoms with Crippen LogP contribution in [-0.4, -0.2) is 30.5 Å². The van der Waals surface area contributed by atoms with E-state index in [-0.39, 0.29) is 11.6 Å². The number of hydrogen-bond acceptors (Lipinski definition) is 3. The number of aryl methyl sites for hydroxylation is 1. The predicted octanol–water partition coefficient (Wildman–Crippen LogP) is 0.829. The largest absolute Gasteiger partial charge is 0.327 e. The fraction of sp³-hybridized carbons (Fsp3) is 0.500. The van der Waals surface area contributed by atoms with E-state index >= 15 is 0 Å². The second-order valence-corrected chi connectivity index (χ2v) is 5.34. The Morgan fingerprint density at radius 1 is 1.35 bits per heavy atom. The lowest BCUT2D eigenvalue weighted by Crippen LogP contribution is -3.11. The molecule has 0 spiro atoms. The first kappa shape index (κ1) is 14.5. The van der Waals surface area contributed by atoms with Gasteiger partial charge in [-0.3, -0.25) is 14.9 Å². The molecule has 1 aliphatic rings. The van der Waals surface area contributed by atoms with Gasteiger partial charge in [0.2, 0.25) is 0 Å². The smallest absolute Gasteiger partial charge is 0.293 e. The van der Waals surface area contributed by atoms with E-state index in [1.807, 2.05) is 6.92 Å². The van der Waals surface area contributed by atoms with E-state index in [1.54, 1.807) is 13.0 Å². The molecule has 1 aliphatic heterocycles. The molecule has 2 rings (SSSR count). The van der Waals surface area contributed by atoms with Gasteiger partial charge in [-0.25, -0.2) is 0 Å². The van der Waals surface area contributed by atoms with Gasteiger partial charge in [0.25, 0.3) is 11.6 Å². The topological polar surface area (TPSA) is 76.7 Å². The van der Waals surface area contributed by atoms with E-state index in [0.29, 0.717) is 12.2 Å². The Labute approximate surface area is 117 Å². The van der Waals surface area contributed by atoms with Gasteiger partial charge in [-0.05, 0) is 25.0 Å². The lowest BCUT2D eigenvalue weighted by molar-refractivity contribution is -0.878. The highest BCUT2D eigenvalue weighted by Gasteiger charge is 2.23. The second kappa shape index (κ2) is 6.00. The molecule has 0 aliphatic carbocycles. The zero-order valence-electron chi connectivity index (χ0n) is 11.9. The predicted molar refractivity (Wildman–Crippen MR) is 76.0 cm³/mol. The number of amides is 1. The molecular formula is C14H20N3O3+. The van der Waals surface area contributed by atoms with Crippen molar-refractivity contribution in [3.8, 4) is 0 Å². The highest BCUT2D eigenvalue weighted by Crippen LogP contribution is 2.29. The molecule has 0 atom stereocenters. The SMILES string of the molecule is Cc1ccc([N+](=O)[O-])c(NC(=O)C[NH+]2CCCC2)c1C. The fourth-order valence-electron chi connectivity index (χ4n) is 2.57. The molecule has 0 bridgehead atoms.